The van der Waals surface area contributed by atoms with Gasteiger partial charge in [-0.3, -0.25) is 14.5 Å². The molecule has 1 aromatic carbocycles. The van der Waals surface area contributed by atoms with E-state index in [2.05, 4.69) is 10.2 Å². The molecule has 0 aliphatic carbocycles. The number of aromatic nitrogens is 1. The molecule has 0 bridgehead atoms. The van der Waals surface area contributed by atoms with Gasteiger partial charge in [0.05, 0.1) is 18.8 Å². The second kappa shape index (κ2) is 7.80. The lowest BCUT2D eigenvalue weighted by Crippen LogP contribution is -2.39. The molecule has 0 unspecified atom stereocenters. The SMILES string of the molecule is Cc1c(C(=O)C(=O)NCCCN2CCOCC2)c2ccccc2n1C. The van der Waals surface area contributed by atoms with Crippen LogP contribution >= 0.6 is 0 Å². The number of nitrogens with zero attached hydrogens (tertiary/aromatic N) is 2. The van der Waals surface area contributed by atoms with Crippen LogP contribution in [-0.4, -0.2) is 60.6 Å². The standard InChI is InChI=1S/C19H25N3O3/c1-14-17(15-6-3-4-7-16(15)21(14)2)18(23)19(24)20-8-5-9-22-10-12-25-13-11-22/h3-4,6-7H,5,8-13H2,1-2H3,(H,20,24). The number of ether oxygens (including phenoxy) is 1. The number of rotatable bonds is 6. The van der Waals surface area contributed by atoms with E-state index in [-0.39, 0.29) is 0 Å². The van der Waals surface area contributed by atoms with E-state index in [1.165, 1.54) is 0 Å². The molecular formula is C19H25N3O3. The van der Waals surface area contributed by atoms with Crippen molar-refractivity contribution in [2.24, 2.45) is 7.05 Å². The molecule has 0 radical (unpaired) electrons. The molecule has 1 aliphatic rings. The highest BCUT2D eigenvalue weighted by atomic mass is 16.5. The molecule has 1 saturated heterocycles. The lowest BCUT2D eigenvalue weighted by molar-refractivity contribution is -0.117. The minimum absolute atomic E-state index is 0.458. The smallest absolute Gasteiger partial charge is 0.292 e. The van der Waals surface area contributed by atoms with E-state index in [0.29, 0.717) is 12.1 Å². The van der Waals surface area contributed by atoms with E-state index in [1.807, 2.05) is 42.8 Å². The number of amides is 1. The fourth-order valence-electron chi connectivity index (χ4n) is 3.33. The van der Waals surface area contributed by atoms with Crippen LogP contribution in [0.3, 0.4) is 0 Å². The fourth-order valence-corrected chi connectivity index (χ4v) is 3.33. The van der Waals surface area contributed by atoms with Crippen LogP contribution in [0.2, 0.25) is 0 Å². The zero-order valence-corrected chi connectivity index (χ0v) is 14.9. The zero-order chi connectivity index (χ0) is 17.8. The number of benzene rings is 1. The molecule has 2 heterocycles. The number of hydrogen-bond donors (Lipinski definition) is 1. The van der Waals surface area contributed by atoms with E-state index < -0.39 is 11.7 Å². The highest BCUT2D eigenvalue weighted by molar-refractivity contribution is 6.45. The Labute approximate surface area is 147 Å². The van der Waals surface area contributed by atoms with Gasteiger partial charge in [-0.15, -0.1) is 0 Å². The summed E-state index contributed by atoms with van der Waals surface area (Å²) in [6, 6.07) is 7.67. The van der Waals surface area contributed by atoms with Crippen LogP contribution in [0, 0.1) is 6.92 Å². The Balaban J connectivity index is 1.59. The number of fused-ring (bicyclic) bond motifs is 1. The maximum absolute atomic E-state index is 12.6. The Morgan fingerprint density at radius 2 is 1.92 bits per heavy atom. The molecule has 134 valence electrons. The number of aryl methyl sites for hydroxylation is 1. The maximum atomic E-state index is 12.6. The molecule has 6 nitrogen and oxygen atoms in total. The first-order chi connectivity index (χ1) is 12.1. The lowest BCUT2D eigenvalue weighted by Gasteiger charge is -2.26. The molecule has 1 fully saturated rings. The molecule has 3 rings (SSSR count). The number of carbonyl (C=O) groups is 2. The summed E-state index contributed by atoms with van der Waals surface area (Å²) in [6.45, 7) is 6.69. The van der Waals surface area contributed by atoms with E-state index in [0.717, 1.165) is 55.9 Å². The number of nitrogens with one attached hydrogen (secondary N) is 1. The van der Waals surface area contributed by atoms with Crippen LogP contribution in [0.5, 0.6) is 0 Å². The van der Waals surface area contributed by atoms with Gasteiger partial charge in [0.1, 0.15) is 0 Å². The molecule has 6 heteroatoms. The Bertz CT molecular complexity index is 776. The first-order valence-corrected chi connectivity index (χ1v) is 8.76. The van der Waals surface area contributed by atoms with Gasteiger partial charge in [-0.1, -0.05) is 18.2 Å². The van der Waals surface area contributed by atoms with Gasteiger partial charge < -0.3 is 14.6 Å². The molecule has 0 saturated carbocycles. The van der Waals surface area contributed by atoms with Crippen molar-refractivity contribution in [1.82, 2.24) is 14.8 Å². The van der Waals surface area contributed by atoms with E-state index >= 15 is 0 Å². The van der Waals surface area contributed by atoms with Gasteiger partial charge in [0.25, 0.3) is 11.7 Å². The van der Waals surface area contributed by atoms with Crippen LogP contribution in [0.4, 0.5) is 0 Å². The monoisotopic (exact) mass is 343 g/mol. The molecule has 2 aromatic rings. The van der Waals surface area contributed by atoms with E-state index in [4.69, 9.17) is 4.74 Å². The summed E-state index contributed by atoms with van der Waals surface area (Å²) in [4.78, 5) is 27.2. The highest BCUT2D eigenvalue weighted by Crippen LogP contribution is 2.25. The lowest BCUT2D eigenvalue weighted by atomic mass is 10.1. The molecule has 25 heavy (non-hydrogen) atoms. The van der Waals surface area contributed by atoms with Crippen LogP contribution < -0.4 is 5.32 Å². The van der Waals surface area contributed by atoms with Gasteiger partial charge in [0.2, 0.25) is 0 Å². The maximum Gasteiger partial charge on any atom is 0.292 e. The number of carbonyl (C=O) groups excluding carboxylic acids is 2. The van der Waals surface area contributed by atoms with Crippen molar-refractivity contribution in [2.75, 3.05) is 39.4 Å². The van der Waals surface area contributed by atoms with Gasteiger partial charge in [-0.05, 0) is 26.0 Å². The predicted molar refractivity (Wildman–Crippen MR) is 96.9 cm³/mol. The predicted octanol–water partition coefficient (Wildman–Crippen LogP) is 1.51. The van der Waals surface area contributed by atoms with Crippen molar-refractivity contribution < 1.29 is 14.3 Å². The number of ketones is 1. The fraction of sp³-hybridized carbons (Fsp3) is 0.474. The Hall–Kier alpha value is -2.18. The van der Waals surface area contributed by atoms with Gasteiger partial charge in [0, 0.05) is 43.3 Å². The van der Waals surface area contributed by atoms with Crippen LogP contribution in [0.25, 0.3) is 10.9 Å². The molecule has 1 amide bonds. The molecule has 1 N–H and O–H groups in total. The molecular weight excluding hydrogens is 318 g/mol. The van der Waals surface area contributed by atoms with Crippen molar-refractivity contribution in [3.05, 3.63) is 35.5 Å². The first-order valence-electron chi connectivity index (χ1n) is 8.76. The molecule has 1 aromatic heterocycles. The highest BCUT2D eigenvalue weighted by Gasteiger charge is 2.23. The Kier molecular flexibility index (Phi) is 5.50. The zero-order valence-electron chi connectivity index (χ0n) is 14.9. The summed E-state index contributed by atoms with van der Waals surface area (Å²) in [5.74, 6) is -0.984. The number of para-hydroxylation sites is 1. The van der Waals surface area contributed by atoms with Crippen molar-refractivity contribution in [2.45, 2.75) is 13.3 Å². The van der Waals surface area contributed by atoms with Crippen molar-refractivity contribution >= 4 is 22.6 Å². The molecule has 1 aliphatic heterocycles. The third-order valence-corrected chi connectivity index (χ3v) is 4.87. The van der Waals surface area contributed by atoms with Gasteiger partial charge in [0.15, 0.2) is 0 Å². The topological polar surface area (TPSA) is 63.6 Å². The molecule has 0 spiro atoms. The number of hydrogen-bond acceptors (Lipinski definition) is 4. The summed E-state index contributed by atoms with van der Waals surface area (Å²) < 4.78 is 7.27. The summed E-state index contributed by atoms with van der Waals surface area (Å²) in [5.41, 5.74) is 2.28. The normalized spacial score (nSPS) is 15.4. The Morgan fingerprint density at radius 3 is 2.68 bits per heavy atom. The van der Waals surface area contributed by atoms with E-state index in [9.17, 15) is 9.59 Å². The van der Waals surface area contributed by atoms with Gasteiger partial charge in [-0.2, -0.15) is 0 Å². The summed E-state index contributed by atoms with van der Waals surface area (Å²) in [5, 5.41) is 3.60. The number of Topliss-reactive ketones (excluding diaryl/α,β-unsaturated/α-hetero) is 1. The third kappa shape index (κ3) is 3.75. The van der Waals surface area contributed by atoms with Gasteiger partial charge in [-0.25, -0.2) is 0 Å². The quantitative estimate of drug-likeness (QED) is 0.491. The number of morpholine rings is 1. The second-order valence-corrected chi connectivity index (χ2v) is 6.43. The third-order valence-electron chi connectivity index (χ3n) is 4.87. The molecule has 0 atom stereocenters. The largest absolute Gasteiger partial charge is 0.379 e. The average Bonchev–Trinajstić information content (AvgIpc) is 2.90. The minimum atomic E-state index is -0.526. The van der Waals surface area contributed by atoms with Crippen molar-refractivity contribution in [3.8, 4) is 0 Å². The van der Waals surface area contributed by atoms with Crippen LogP contribution in [0.1, 0.15) is 22.5 Å². The average molecular weight is 343 g/mol. The van der Waals surface area contributed by atoms with Crippen molar-refractivity contribution in [3.63, 3.8) is 0 Å². The first kappa shape index (κ1) is 17.6. The van der Waals surface area contributed by atoms with Gasteiger partial charge >= 0.3 is 0 Å². The summed E-state index contributed by atoms with van der Waals surface area (Å²) in [6.07, 6.45) is 0.827. The van der Waals surface area contributed by atoms with E-state index in [1.54, 1.807) is 0 Å². The Morgan fingerprint density at radius 1 is 1.20 bits per heavy atom. The summed E-state index contributed by atoms with van der Waals surface area (Å²) >= 11 is 0. The summed E-state index contributed by atoms with van der Waals surface area (Å²) in [7, 11) is 1.91. The van der Waals surface area contributed by atoms with Crippen LogP contribution in [-0.2, 0) is 16.6 Å². The minimum Gasteiger partial charge on any atom is -0.379 e. The second-order valence-electron chi connectivity index (χ2n) is 6.43. The van der Waals surface area contributed by atoms with Crippen LogP contribution in [0.15, 0.2) is 24.3 Å². The van der Waals surface area contributed by atoms with Crippen molar-refractivity contribution in [1.29, 1.82) is 0 Å².